The molecular weight excluding hydrogens is 334 g/mol. The Balaban J connectivity index is 1.74. The van der Waals surface area contributed by atoms with E-state index in [0.29, 0.717) is 5.56 Å². The lowest BCUT2D eigenvalue weighted by Crippen LogP contribution is -2.28. The maximum absolute atomic E-state index is 14.0. The van der Waals surface area contributed by atoms with Crippen LogP contribution in [0.4, 0.5) is 8.78 Å². The Kier molecular flexibility index (Phi) is 4.15. The molecular formula is C21H18F2N2O. The minimum absolute atomic E-state index is 0.0797. The largest absolute Gasteiger partial charge is 0.337 e. The van der Waals surface area contributed by atoms with Crippen molar-refractivity contribution in [3.05, 3.63) is 76.5 Å². The van der Waals surface area contributed by atoms with Crippen molar-refractivity contribution in [1.29, 1.82) is 0 Å². The summed E-state index contributed by atoms with van der Waals surface area (Å²) in [4.78, 5) is 19.4. The number of carbonyl (C=O) groups excluding carboxylic acids is 1. The molecule has 0 bridgehead atoms. The van der Waals surface area contributed by atoms with Gasteiger partial charge in [0.25, 0.3) is 5.91 Å². The third-order valence-corrected chi connectivity index (χ3v) is 4.90. The summed E-state index contributed by atoms with van der Waals surface area (Å²) < 4.78 is 27.1. The van der Waals surface area contributed by atoms with Crippen LogP contribution in [0, 0.1) is 11.6 Å². The van der Waals surface area contributed by atoms with E-state index in [4.69, 9.17) is 4.98 Å². The highest BCUT2D eigenvalue weighted by Crippen LogP contribution is 2.31. The molecule has 4 rings (SSSR count). The highest BCUT2D eigenvalue weighted by Gasteiger charge is 2.26. The second kappa shape index (κ2) is 6.48. The third-order valence-electron chi connectivity index (χ3n) is 4.90. The fourth-order valence-electron chi connectivity index (χ4n) is 3.62. The highest BCUT2D eigenvalue weighted by molar-refractivity contribution is 6.07. The summed E-state index contributed by atoms with van der Waals surface area (Å²) in [7, 11) is 1.64. The Hall–Kier alpha value is -2.82. The summed E-state index contributed by atoms with van der Waals surface area (Å²) in [6.07, 6.45) is 2.68. The topological polar surface area (TPSA) is 33.2 Å². The molecule has 26 heavy (non-hydrogen) atoms. The van der Waals surface area contributed by atoms with Crippen LogP contribution in [0.2, 0.25) is 0 Å². The van der Waals surface area contributed by atoms with E-state index >= 15 is 0 Å². The number of hydrogen-bond donors (Lipinski definition) is 0. The smallest absolute Gasteiger partial charge is 0.254 e. The number of carbonyl (C=O) groups is 1. The van der Waals surface area contributed by atoms with Gasteiger partial charge < -0.3 is 4.90 Å². The van der Waals surface area contributed by atoms with Crippen molar-refractivity contribution >= 4 is 16.8 Å². The van der Waals surface area contributed by atoms with Crippen molar-refractivity contribution in [2.75, 3.05) is 7.05 Å². The fourth-order valence-corrected chi connectivity index (χ4v) is 3.62. The van der Waals surface area contributed by atoms with Crippen LogP contribution in [0.5, 0.6) is 0 Å². The number of para-hydroxylation sites is 1. The number of rotatable bonds is 3. The van der Waals surface area contributed by atoms with Crippen molar-refractivity contribution in [3.8, 4) is 0 Å². The van der Waals surface area contributed by atoms with Gasteiger partial charge in [-0.15, -0.1) is 0 Å². The molecule has 0 saturated heterocycles. The van der Waals surface area contributed by atoms with Gasteiger partial charge in [0.05, 0.1) is 11.1 Å². The summed E-state index contributed by atoms with van der Waals surface area (Å²) in [5.41, 5.74) is 3.73. The Labute approximate surface area is 150 Å². The second-order valence-corrected chi connectivity index (χ2v) is 6.68. The summed E-state index contributed by atoms with van der Waals surface area (Å²) in [5.74, 6) is -1.43. The molecule has 0 N–H and O–H groups in total. The Morgan fingerprint density at radius 1 is 1.15 bits per heavy atom. The number of amides is 1. The maximum atomic E-state index is 14.0. The zero-order valence-electron chi connectivity index (χ0n) is 14.4. The third kappa shape index (κ3) is 2.83. The van der Waals surface area contributed by atoms with Gasteiger partial charge in [-0.05, 0) is 37.0 Å². The average Bonchev–Trinajstić information content (AvgIpc) is 3.09. The van der Waals surface area contributed by atoms with Gasteiger partial charge >= 0.3 is 0 Å². The van der Waals surface area contributed by atoms with Crippen LogP contribution in [-0.4, -0.2) is 22.8 Å². The fraction of sp³-hybridized carbons (Fsp3) is 0.238. The van der Waals surface area contributed by atoms with Gasteiger partial charge in [0.15, 0.2) is 0 Å². The number of pyridine rings is 1. The molecule has 1 aliphatic carbocycles. The number of fused-ring (bicyclic) bond motifs is 2. The predicted molar refractivity (Wildman–Crippen MR) is 95.9 cm³/mol. The second-order valence-electron chi connectivity index (χ2n) is 6.68. The molecule has 1 amide bonds. The first-order chi connectivity index (χ1) is 12.5. The number of benzene rings is 2. The first-order valence-corrected chi connectivity index (χ1v) is 8.64. The first-order valence-electron chi connectivity index (χ1n) is 8.64. The van der Waals surface area contributed by atoms with E-state index < -0.39 is 11.6 Å². The Morgan fingerprint density at radius 2 is 1.96 bits per heavy atom. The van der Waals surface area contributed by atoms with Gasteiger partial charge in [-0.25, -0.2) is 8.78 Å². The standard InChI is InChI=1S/C21H18F2N2O/c1-25(12-13-9-10-14(22)11-17(13)23)21(26)20-15-5-2-3-7-18(15)24-19-8-4-6-16(19)20/h2-3,5,7,9-11H,4,6,8,12H2,1H3. The number of nitrogens with zero attached hydrogens (tertiary/aromatic N) is 2. The Morgan fingerprint density at radius 3 is 2.77 bits per heavy atom. The van der Waals surface area contributed by atoms with Crippen LogP contribution in [0.25, 0.3) is 10.9 Å². The van der Waals surface area contributed by atoms with E-state index in [-0.39, 0.29) is 18.0 Å². The average molecular weight is 352 g/mol. The molecule has 0 fully saturated rings. The number of hydrogen-bond acceptors (Lipinski definition) is 2. The quantitative estimate of drug-likeness (QED) is 0.705. The van der Waals surface area contributed by atoms with E-state index in [9.17, 15) is 13.6 Å². The lowest BCUT2D eigenvalue weighted by atomic mass is 10.00. The number of aryl methyl sites for hydroxylation is 1. The van der Waals surface area contributed by atoms with E-state index in [1.807, 2.05) is 24.3 Å². The minimum Gasteiger partial charge on any atom is -0.337 e. The lowest BCUT2D eigenvalue weighted by molar-refractivity contribution is 0.0784. The van der Waals surface area contributed by atoms with Crippen LogP contribution < -0.4 is 0 Å². The molecule has 0 aliphatic heterocycles. The molecule has 3 nitrogen and oxygen atoms in total. The van der Waals surface area contributed by atoms with Gasteiger partial charge in [-0.2, -0.15) is 0 Å². The van der Waals surface area contributed by atoms with Gasteiger partial charge in [-0.3, -0.25) is 9.78 Å². The first kappa shape index (κ1) is 16.6. The van der Waals surface area contributed by atoms with Crippen molar-refractivity contribution in [3.63, 3.8) is 0 Å². The zero-order chi connectivity index (χ0) is 18.3. The van der Waals surface area contributed by atoms with Crippen LogP contribution >= 0.6 is 0 Å². The molecule has 2 aromatic carbocycles. The molecule has 0 saturated carbocycles. The molecule has 0 atom stereocenters. The molecule has 1 aliphatic rings. The molecule has 5 heteroatoms. The highest BCUT2D eigenvalue weighted by atomic mass is 19.1. The van der Waals surface area contributed by atoms with Gasteiger partial charge in [0.1, 0.15) is 11.6 Å². The zero-order valence-corrected chi connectivity index (χ0v) is 14.4. The van der Waals surface area contributed by atoms with Gasteiger partial charge in [-0.1, -0.05) is 24.3 Å². The molecule has 1 heterocycles. The number of aromatic nitrogens is 1. The van der Waals surface area contributed by atoms with Crippen molar-refractivity contribution in [1.82, 2.24) is 9.88 Å². The van der Waals surface area contributed by atoms with E-state index in [1.165, 1.54) is 17.0 Å². The number of halogens is 2. The molecule has 132 valence electrons. The molecule has 0 unspecified atom stereocenters. The maximum Gasteiger partial charge on any atom is 0.254 e. The van der Waals surface area contributed by atoms with Gasteiger partial charge in [0, 0.05) is 36.3 Å². The van der Waals surface area contributed by atoms with Crippen LogP contribution in [-0.2, 0) is 19.4 Å². The summed E-state index contributed by atoms with van der Waals surface area (Å²) in [6, 6.07) is 11.0. The van der Waals surface area contributed by atoms with Crippen molar-refractivity contribution < 1.29 is 13.6 Å². The lowest BCUT2D eigenvalue weighted by Gasteiger charge is -2.20. The van der Waals surface area contributed by atoms with Crippen molar-refractivity contribution in [2.24, 2.45) is 0 Å². The van der Waals surface area contributed by atoms with Crippen LogP contribution in [0.15, 0.2) is 42.5 Å². The van der Waals surface area contributed by atoms with Gasteiger partial charge in [0.2, 0.25) is 0 Å². The summed E-state index contributed by atoms with van der Waals surface area (Å²) in [5, 5.41) is 0.824. The molecule has 3 aromatic rings. The SMILES string of the molecule is CN(Cc1ccc(F)cc1F)C(=O)c1c2c(nc3ccccc13)CCC2. The van der Waals surface area contributed by atoms with E-state index in [2.05, 4.69) is 0 Å². The molecule has 0 spiro atoms. The summed E-state index contributed by atoms with van der Waals surface area (Å²) in [6.45, 7) is 0.0797. The van der Waals surface area contributed by atoms with Crippen LogP contribution in [0.3, 0.4) is 0 Å². The summed E-state index contributed by atoms with van der Waals surface area (Å²) >= 11 is 0. The normalized spacial score (nSPS) is 13.0. The monoisotopic (exact) mass is 352 g/mol. The molecule has 1 aromatic heterocycles. The van der Waals surface area contributed by atoms with Crippen molar-refractivity contribution in [2.45, 2.75) is 25.8 Å². The molecule has 0 radical (unpaired) electrons. The Bertz CT molecular complexity index is 1020. The van der Waals surface area contributed by atoms with E-state index in [1.54, 1.807) is 7.05 Å². The predicted octanol–water partition coefficient (Wildman–Crippen LogP) is 4.27. The minimum atomic E-state index is -0.644. The van der Waals surface area contributed by atoms with Crippen LogP contribution in [0.1, 0.15) is 33.6 Å². The van der Waals surface area contributed by atoms with E-state index in [0.717, 1.165) is 47.5 Å².